The highest BCUT2D eigenvalue weighted by atomic mass is 16.5. The van der Waals surface area contributed by atoms with E-state index in [4.69, 9.17) is 4.74 Å². The Labute approximate surface area is 177 Å². The van der Waals surface area contributed by atoms with E-state index in [0.29, 0.717) is 31.0 Å². The maximum atomic E-state index is 13.0. The monoisotopic (exact) mass is 402 g/mol. The van der Waals surface area contributed by atoms with Crippen LogP contribution in [0, 0.1) is 0 Å². The first kappa shape index (κ1) is 21.1. The van der Waals surface area contributed by atoms with Crippen molar-refractivity contribution in [1.29, 1.82) is 0 Å². The molecule has 30 heavy (non-hydrogen) atoms. The number of para-hydroxylation sites is 1. The molecule has 3 aromatic carbocycles. The normalized spacial score (nSPS) is 10.3. The van der Waals surface area contributed by atoms with Crippen molar-refractivity contribution in [3.8, 4) is 5.75 Å². The minimum Gasteiger partial charge on any atom is -0.493 e. The largest absolute Gasteiger partial charge is 0.493 e. The molecular formula is C25H26N2O3. The molecular weight excluding hydrogens is 376 g/mol. The molecule has 0 atom stereocenters. The summed E-state index contributed by atoms with van der Waals surface area (Å²) >= 11 is 0. The Hall–Kier alpha value is -3.60. The molecule has 0 saturated heterocycles. The molecule has 0 aliphatic carbocycles. The van der Waals surface area contributed by atoms with E-state index in [1.54, 1.807) is 23.1 Å². The topological polar surface area (TPSA) is 58.6 Å². The van der Waals surface area contributed by atoms with Crippen molar-refractivity contribution >= 4 is 11.8 Å². The molecule has 1 N–H and O–H groups in total. The fraction of sp³-hybridized carbons (Fsp3) is 0.200. The third-order valence-corrected chi connectivity index (χ3v) is 4.62. The van der Waals surface area contributed by atoms with Crippen LogP contribution >= 0.6 is 0 Å². The van der Waals surface area contributed by atoms with Gasteiger partial charge in [0.2, 0.25) is 5.91 Å². The second kappa shape index (κ2) is 10.8. The number of hydrogen-bond donors (Lipinski definition) is 1. The minimum atomic E-state index is -0.327. The Morgan fingerprint density at radius 1 is 0.800 bits per heavy atom. The average molecular weight is 402 g/mol. The van der Waals surface area contributed by atoms with Crippen LogP contribution in [0.2, 0.25) is 0 Å². The maximum absolute atomic E-state index is 13.0. The van der Waals surface area contributed by atoms with Gasteiger partial charge in [-0.1, -0.05) is 72.8 Å². The van der Waals surface area contributed by atoms with Crippen molar-refractivity contribution in [2.24, 2.45) is 0 Å². The second-order valence-corrected chi connectivity index (χ2v) is 6.83. The highest BCUT2D eigenvalue weighted by Gasteiger charge is 2.18. The summed E-state index contributed by atoms with van der Waals surface area (Å²) in [5.41, 5.74) is 2.49. The Morgan fingerprint density at radius 2 is 1.33 bits per heavy atom. The van der Waals surface area contributed by atoms with Crippen molar-refractivity contribution in [3.05, 3.63) is 102 Å². The molecule has 0 saturated carbocycles. The Morgan fingerprint density at radius 3 is 1.90 bits per heavy atom. The highest BCUT2D eigenvalue weighted by Crippen LogP contribution is 2.17. The summed E-state index contributed by atoms with van der Waals surface area (Å²) in [7, 11) is 0. The van der Waals surface area contributed by atoms with Crippen LogP contribution in [-0.4, -0.2) is 29.9 Å². The summed E-state index contributed by atoms with van der Waals surface area (Å²) in [5.74, 6) is 0.0343. The lowest BCUT2D eigenvalue weighted by Crippen LogP contribution is -2.39. The summed E-state index contributed by atoms with van der Waals surface area (Å²) in [5, 5.41) is 2.74. The number of carbonyl (C=O) groups excluding carboxylic acids is 2. The molecule has 2 amide bonds. The van der Waals surface area contributed by atoms with Gasteiger partial charge in [0.1, 0.15) is 5.75 Å². The predicted octanol–water partition coefficient (Wildman–Crippen LogP) is 4.04. The Bertz CT molecular complexity index is 917. The molecule has 3 aromatic rings. The first-order valence-corrected chi connectivity index (χ1v) is 10.0. The fourth-order valence-corrected chi connectivity index (χ4v) is 3.14. The molecule has 0 fully saturated rings. The van der Waals surface area contributed by atoms with E-state index in [1.165, 1.54) is 0 Å². The van der Waals surface area contributed by atoms with Crippen molar-refractivity contribution in [2.75, 3.05) is 13.2 Å². The van der Waals surface area contributed by atoms with Crippen molar-refractivity contribution < 1.29 is 14.3 Å². The Balaban J connectivity index is 1.69. The van der Waals surface area contributed by atoms with Crippen molar-refractivity contribution in [3.63, 3.8) is 0 Å². The average Bonchev–Trinajstić information content (AvgIpc) is 2.79. The second-order valence-electron chi connectivity index (χ2n) is 6.83. The van der Waals surface area contributed by atoms with Crippen LogP contribution in [-0.2, 0) is 17.9 Å². The zero-order valence-corrected chi connectivity index (χ0v) is 17.1. The van der Waals surface area contributed by atoms with Gasteiger partial charge >= 0.3 is 0 Å². The molecule has 0 spiro atoms. The van der Waals surface area contributed by atoms with E-state index in [-0.39, 0.29) is 18.4 Å². The summed E-state index contributed by atoms with van der Waals surface area (Å²) < 4.78 is 5.51. The van der Waals surface area contributed by atoms with Gasteiger partial charge < -0.3 is 15.0 Å². The van der Waals surface area contributed by atoms with E-state index in [1.807, 2.05) is 73.7 Å². The molecule has 5 heteroatoms. The number of benzene rings is 3. The summed E-state index contributed by atoms with van der Waals surface area (Å²) in [6.45, 7) is 3.19. The quantitative estimate of drug-likeness (QED) is 0.588. The van der Waals surface area contributed by atoms with Crippen LogP contribution in [0.3, 0.4) is 0 Å². The fourth-order valence-electron chi connectivity index (χ4n) is 3.14. The zero-order valence-electron chi connectivity index (χ0n) is 17.1. The summed E-state index contributed by atoms with van der Waals surface area (Å²) in [6, 6.07) is 26.7. The standard InChI is InChI=1S/C25H26N2O3/c1-2-30-23-16-10-9-15-22(23)25(29)26-17-24(28)27(18-20-11-5-3-6-12-20)19-21-13-7-4-8-14-21/h3-16H,2,17-19H2,1H3,(H,26,29). The van der Waals surface area contributed by atoms with Gasteiger partial charge in [-0.3, -0.25) is 9.59 Å². The number of nitrogens with zero attached hydrogens (tertiary/aromatic N) is 1. The molecule has 0 aromatic heterocycles. The molecule has 0 bridgehead atoms. The zero-order chi connectivity index (χ0) is 21.2. The van der Waals surface area contributed by atoms with Crippen molar-refractivity contribution in [1.82, 2.24) is 10.2 Å². The number of nitrogens with one attached hydrogen (secondary N) is 1. The van der Waals surface area contributed by atoms with Crippen molar-refractivity contribution in [2.45, 2.75) is 20.0 Å². The van der Waals surface area contributed by atoms with Crippen LogP contribution in [0.5, 0.6) is 5.75 Å². The van der Waals surface area contributed by atoms with Crippen LogP contribution in [0.15, 0.2) is 84.9 Å². The molecule has 3 rings (SSSR count). The summed E-state index contributed by atoms with van der Waals surface area (Å²) in [6.07, 6.45) is 0. The molecule has 154 valence electrons. The maximum Gasteiger partial charge on any atom is 0.255 e. The molecule has 0 unspecified atom stereocenters. The van der Waals surface area contributed by atoms with Gasteiger partial charge in [0.15, 0.2) is 0 Å². The van der Waals surface area contributed by atoms with Crippen LogP contribution in [0.1, 0.15) is 28.4 Å². The van der Waals surface area contributed by atoms with E-state index < -0.39 is 0 Å². The highest BCUT2D eigenvalue weighted by molar-refractivity contribution is 5.98. The van der Waals surface area contributed by atoms with Gasteiger partial charge in [0, 0.05) is 13.1 Å². The van der Waals surface area contributed by atoms with Gasteiger partial charge in [0.05, 0.1) is 18.7 Å². The lowest BCUT2D eigenvalue weighted by atomic mass is 10.1. The van der Waals surface area contributed by atoms with E-state index in [0.717, 1.165) is 11.1 Å². The van der Waals surface area contributed by atoms with Crippen LogP contribution < -0.4 is 10.1 Å². The molecule has 0 aliphatic rings. The van der Waals surface area contributed by atoms with Gasteiger partial charge in [-0.25, -0.2) is 0 Å². The van der Waals surface area contributed by atoms with E-state index in [9.17, 15) is 9.59 Å². The summed E-state index contributed by atoms with van der Waals surface area (Å²) in [4.78, 5) is 27.3. The van der Waals surface area contributed by atoms with E-state index >= 15 is 0 Å². The lowest BCUT2D eigenvalue weighted by Gasteiger charge is -2.23. The van der Waals surface area contributed by atoms with E-state index in [2.05, 4.69) is 5.32 Å². The molecule has 0 radical (unpaired) electrons. The molecule has 0 aliphatic heterocycles. The third-order valence-electron chi connectivity index (χ3n) is 4.62. The number of ether oxygens (including phenoxy) is 1. The third kappa shape index (κ3) is 5.95. The number of hydrogen-bond acceptors (Lipinski definition) is 3. The molecule has 5 nitrogen and oxygen atoms in total. The number of rotatable bonds is 9. The molecule has 0 heterocycles. The van der Waals surface area contributed by atoms with Crippen LogP contribution in [0.25, 0.3) is 0 Å². The van der Waals surface area contributed by atoms with Gasteiger partial charge in [-0.05, 0) is 30.2 Å². The van der Waals surface area contributed by atoms with Gasteiger partial charge in [0.25, 0.3) is 5.91 Å². The van der Waals surface area contributed by atoms with Gasteiger partial charge in [-0.2, -0.15) is 0 Å². The lowest BCUT2D eigenvalue weighted by molar-refractivity contribution is -0.131. The Kier molecular flexibility index (Phi) is 7.61. The van der Waals surface area contributed by atoms with Gasteiger partial charge in [-0.15, -0.1) is 0 Å². The smallest absolute Gasteiger partial charge is 0.255 e. The predicted molar refractivity (Wildman–Crippen MR) is 117 cm³/mol. The number of carbonyl (C=O) groups is 2. The first-order valence-electron chi connectivity index (χ1n) is 10.0. The van der Waals surface area contributed by atoms with Crippen LogP contribution in [0.4, 0.5) is 0 Å². The minimum absolute atomic E-state index is 0.0844. The first-order chi connectivity index (χ1) is 14.7. The number of amides is 2. The SMILES string of the molecule is CCOc1ccccc1C(=O)NCC(=O)N(Cc1ccccc1)Cc1ccccc1.